The highest BCUT2D eigenvalue weighted by Gasteiger charge is 2.16. The van der Waals surface area contributed by atoms with Crippen LogP contribution >= 0.6 is 11.6 Å². The van der Waals surface area contributed by atoms with Crippen LogP contribution < -0.4 is 5.73 Å². The van der Waals surface area contributed by atoms with Crippen LogP contribution in [0.2, 0.25) is 5.02 Å². The van der Waals surface area contributed by atoms with Gasteiger partial charge in [-0.15, -0.1) is 0 Å². The number of nitrogens with zero attached hydrogens (tertiary/aromatic N) is 4. The Bertz CT molecular complexity index is 444. The smallest absolute Gasteiger partial charge is 0.153 e. The molecule has 0 saturated carbocycles. The highest BCUT2D eigenvalue weighted by Crippen LogP contribution is 2.21. The van der Waals surface area contributed by atoms with E-state index in [9.17, 15) is 0 Å². The van der Waals surface area contributed by atoms with Crippen LogP contribution in [-0.4, -0.2) is 38.8 Å². The van der Waals surface area contributed by atoms with Gasteiger partial charge in [0.2, 0.25) is 0 Å². The summed E-state index contributed by atoms with van der Waals surface area (Å²) >= 11 is 6.29. The Balaban J connectivity index is 2.89. The first-order valence-corrected chi connectivity index (χ1v) is 6.81. The molecule has 0 spiro atoms. The SMILES string of the molecule is CCCN(CC(N)=NO)Cc1c(Cl)c(C)nn1CC. The molecule has 0 aromatic carbocycles. The normalized spacial score (nSPS) is 12.4. The molecule has 1 heterocycles. The Morgan fingerprint density at radius 1 is 1.53 bits per heavy atom. The molecule has 0 atom stereocenters. The van der Waals surface area contributed by atoms with E-state index in [1.807, 2.05) is 18.5 Å². The van der Waals surface area contributed by atoms with E-state index in [2.05, 4.69) is 22.1 Å². The monoisotopic (exact) mass is 287 g/mol. The van der Waals surface area contributed by atoms with E-state index < -0.39 is 0 Å². The van der Waals surface area contributed by atoms with Crippen molar-refractivity contribution in [1.82, 2.24) is 14.7 Å². The Kier molecular flexibility index (Phi) is 6.11. The second-order valence-corrected chi connectivity index (χ2v) is 4.84. The third-order valence-electron chi connectivity index (χ3n) is 2.88. The van der Waals surface area contributed by atoms with Crippen molar-refractivity contribution in [2.45, 2.75) is 40.3 Å². The summed E-state index contributed by atoms with van der Waals surface area (Å²) in [4.78, 5) is 2.09. The quantitative estimate of drug-likeness (QED) is 0.347. The second kappa shape index (κ2) is 7.35. The molecule has 0 bridgehead atoms. The first kappa shape index (κ1) is 15.8. The van der Waals surface area contributed by atoms with Crippen molar-refractivity contribution in [2.24, 2.45) is 10.9 Å². The second-order valence-electron chi connectivity index (χ2n) is 4.46. The minimum absolute atomic E-state index is 0.198. The summed E-state index contributed by atoms with van der Waals surface area (Å²) in [6.07, 6.45) is 0.982. The van der Waals surface area contributed by atoms with Gasteiger partial charge in [-0.05, 0) is 26.8 Å². The van der Waals surface area contributed by atoms with E-state index >= 15 is 0 Å². The van der Waals surface area contributed by atoms with Crippen molar-refractivity contribution < 1.29 is 5.21 Å². The molecule has 0 unspecified atom stereocenters. The maximum atomic E-state index is 8.67. The minimum atomic E-state index is 0.198. The topological polar surface area (TPSA) is 79.7 Å². The zero-order valence-electron chi connectivity index (χ0n) is 11.7. The number of oxime groups is 1. The number of halogens is 1. The third-order valence-corrected chi connectivity index (χ3v) is 3.37. The summed E-state index contributed by atoms with van der Waals surface area (Å²) < 4.78 is 1.90. The molecule has 1 aromatic heterocycles. The summed E-state index contributed by atoms with van der Waals surface area (Å²) in [7, 11) is 0. The fourth-order valence-electron chi connectivity index (χ4n) is 2.02. The van der Waals surface area contributed by atoms with Gasteiger partial charge >= 0.3 is 0 Å². The van der Waals surface area contributed by atoms with Gasteiger partial charge in [-0.3, -0.25) is 9.58 Å². The number of rotatable bonds is 7. The Morgan fingerprint density at radius 2 is 2.21 bits per heavy atom. The van der Waals surface area contributed by atoms with Crippen LogP contribution in [0.1, 0.15) is 31.7 Å². The predicted octanol–water partition coefficient (Wildman–Crippen LogP) is 1.82. The third kappa shape index (κ3) is 4.11. The van der Waals surface area contributed by atoms with Gasteiger partial charge in [0.15, 0.2) is 5.84 Å². The van der Waals surface area contributed by atoms with E-state index in [-0.39, 0.29) is 5.84 Å². The molecule has 1 rings (SSSR count). The molecule has 0 aliphatic rings. The highest BCUT2D eigenvalue weighted by atomic mass is 35.5. The van der Waals surface area contributed by atoms with Crippen molar-refractivity contribution in [3.8, 4) is 0 Å². The molecule has 0 aliphatic carbocycles. The summed E-state index contributed by atoms with van der Waals surface area (Å²) in [5.41, 5.74) is 7.38. The standard InChI is InChI=1S/C12H22ClN5O/c1-4-6-17(8-11(14)16-19)7-10-12(13)9(3)15-18(10)5-2/h19H,4-8H2,1-3H3,(H2,14,16). The van der Waals surface area contributed by atoms with Crippen molar-refractivity contribution >= 4 is 17.4 Å². The van der Waals surface area contributed by atoms with E-state index in [1.54, 1.807) is 0 Å². The molecule has 0 fully saturated rings. The number of aryl methyl sites for hydroxylation is 2. The van der Waals surface area contributed by atoms with Crippen LogP contribution in [0.4, 0.5) is 0 Å². The Labute approximate surface area is 118 Å². The number of amidine groups is 1. The highest BCUT2D eigenvalue weighted by molar-refractivity contribution is 6.31. The number of hydrogen-bond acceptors (Lipinski definition) is 4. The molecular formula is C12H22ClN5O. The lowest BCUT2D eigenvalue weighted by Crippen LogP contribution is -2.34. The zero-order chi connectivity index (χ0) is 14.4. The lowest BCUT2D eigenvalue weighted by atomic mass is 10.3. The van der Waals surface area contributed by atoms with E-state index in [0.29, 0.717) is 18.1 Å². The molecule has 6 nitrogen and oxygen atoms in total. The molecule has 0 amide bonds. The average Bonchev–Trinajstić information content (AvgIpc) is 2.66. The van der Waals surface area contributed by atoms with Gasteiger partial charge in [0.05, 0.1) is 23.0 Å². The van der Waals surface area contributed by atoms with Crippen LogP contribution in [0, 0.1) is 6.92 Å². The number of hydrogen-bond donors (Lipinski definition) is 2. The maximum absolute atomic E-state index is 8.67. The van der Waals surface area contributed by atoms with Crippen LogP contribution in [-0.2, 0) is 13.1 Å². The molecule has 3 N–H and O–H groups in total. The Hall–Kier alpha value is -1.27. The first-order valence-electron chi connectivity index (χ1n) is 6.43. The van der Waals surface area contributed by atoms with Crippen molar-refractivity contribution in [3.63, 3.8) is 0 Å². The van der Waals surface area contributed by atoms with Crippen molar-refractivity contribution in [1.29, 1.82) is 0 Å². The predicted molar refractivity (Wildman–Crippen MR) is 76.6 cm³/mol. The van der Waals surface area contributed by atoms with Gasteiger partial charge < -0.3 is 10.9 Å². The van der Waals surface area contributed by atoms with Gasteiger partial charge in [0.25, 0.3) is 0 Å². The lowest BCUT2D eigenvalue weighted by molar-refractivity contribution is 0.279. The molecule has 1 aromatic rings. The Morgan fingerprint density at radius 3 is 2.74 bits per heavy atom. The first-order chi connectivity index (χ1) is 9.03. The van der Waals surface area contributed by atoms with Crippen LogP contribution in [0.25, 0.3) is 0 Å². The summed E-state index contributed by atoms with van der Waals surface area (Å²) in [5.74, 6) is 0.198. The van der Waals surface area contributed by atoms with E-state index in [4.69, 9.17) is 22.5 Å². The van der Waals surface area contributed by atoms with E-state index in [1.165, 1.54) is 0 Å². The van der Waals surface area contributed by atoms with Gasteiger partial charge in [0.1, 0.15) is 0 Å². The molecule has 0 radical (unpaired) electrons. The largest absolute Gasteiger partial charge is 0.409 e. The fraction of sp³-hybridized carbons (Fsp3) is 0.667. The number of aromatic nitrogens is 2. The van der Waals surface area contributed by atoms with Crippen LogP contribution in [0.5, 0.6) is 0 Å². The van der Waals surface area contributed by atoms with Crippen molar-refractivity contribution in [2.75, 3.05) is 13.1 Å². The van der Waals surface area contributed by atoms with Crippen molar-refractivity contribution in [3.05, 3.63) is 16.4 Å². The van der Waals surface area contributed by atoms with Gasteiger partial charge in [-0.2, -0.15) is 5.10 Å². The summed E-state index contributed by atoms with van der Waals surface area (Å²) in [5, 5.41) is 16.8. The molecule has 7 heteroatoms. The minimum Gasteiger partial charge on any atom is -0.409 e. The van der Waals surface area contributed by atoms with Crippen LogP contribution in [0.15, 0.2) is 5.16 Å². The zero-order valence-corrected chi connectivity index (χ0v) is 12.5. The molecule has 108 valence electrons. The van der Waals surface area contributed by atoms with E-state index in [0.717, 1.165) is 30.9 Å². The van der Waals surface area contributed by atoms with Gasteiger partial charge in [-0.25, -0.2) is 0 Å². The molecule has 19 heavy (non-hydrogen) atoms. The number of nitrogens with two attached hydrogens (primary N) is 1. The van der Waals surface area contributed by atoms with Crippen LogP contribution in [0.3, 0.4) is 0 Å². The average molecular weight is 288 g/mol. The lowest BCUT2D eigenvalue weighted by Gasteiger charge is -2.21. The fourth-order valence-corrected chi connectivity index (χ4v) is 2.22. The molecule has 0 saturated heterocycles. The molecule has 0 aliphatic heterocycles. The summed E-state index contributed by atoms with van der Waals surface area (Å²) in [6.45, 7) is 8.67. The van der Waals surface area contributed by atoms with Gasteiger partial charge in [0, 0.05) is 13.1 Å². The van der Waals surface area contributed by atoms with Gasteiger partial charge in [-0.1, -0.05) is 23.7 Å². The molecular weight excluding hydrogens is 266 g/mol. The maximum Gasteiger partial charge on any atom is 0.153 e. The summed E-state index contributed by atoms with van der Waals surface area (Å²) in [6, 6.07) is 0.